The van der Waals surface area contributed by atoms with Gasteiger partial charge in [-0.25, -0.2) is 0 Å². The van der Waals surface area contributed by atoms with Crippen molar-refractivity contribution in [3.05, 3.63) is 0 Å². The Morgan fingerprint density at radius 3 is 2.62 bits per heavy atom. The molecule has 2 N–H and O–H groups in total. The van der Waals surface area contributed by atoms with Gasteiger partial charge in [-0.15, -0.1) is 0 Å². The lowest BCUT2D eigenvalue weighted by Gasteiger charge is -2.20. The van der Waals surface area contributed by atoms with Crippen molar-refractivity contribution in [3.63, 3.8) is 0 Å². The highest BCUT2D eigenvalue weighted by atomic mass is 16.3. The third kappa shape index (κ3) is 4.10. The van der Waals surface area contributed by atoms with Crippen LogP contribution in [0.3, 0.4) is 0 Å². The van der Waals surface area contributed by atoms with Gasteiger partial charge in [0.15, 0.2) is 0 Å². The second-order valence-electron chi connectivity index (χ2n) is 4.39. The topological polar surface area (TPSA) is 40.5 Å². The maximum absolute atomic E-state index is 9.78. The van der Waals surface area contributed by atoms with Gasteiger partial charge in [-0.3, -0.25) is 0 Å². The van der Waals surface area contributed by atoms with Crippen LogP contribution < -0.4 is 0 Å². The highest BCUT2D eigenvalue weighted by molar-refractivity contribution is 4.73. The number of hydrogen-bond acceptors (Lipinski definition) is 2. The summed E-state index contributed by atoms with van der Waals surface area (Å²) in [4.78, 5) is 0. The molecule has 78 valence electrons. The molecule has 1 rings (SSSR count). The molecule has 1 fully saturated rings. The van der Waals surface area contributed by atoms with Crippen LogP contribution in [0.2, 0.25) is 0 Å². The molecule has 0 radical (unpaired) electrons. The van der Waals surface area contributed by atoms with E-state index in [1.165, 1.54) is 19.3 Å². The van der Waals surface area contributed by atoms with Crippen LogP contribution in [0.25, 0.3) is 0 Å². The van der Waals surface area contributed by atoms with Gasteiger partial charge in [0.25, 0.3) is 0 Å². The van der Waals surface area contributed by atoms with Crippen molar-refractivity contribution in [2.45, 2.75) is 64.1 Å². The van der Waals surface area contributed by atoms with Gasteiger partial charge in [0, 0.05) is 0 Å². The van der Waals surface area contributed by atoms with Crippen molar-refractivity contribution in [2.75, 3.05) is 0 Å². The molecule has 0 heterocycles. The van der Waals surface area contributed by atoms with Crippen molar-refractivity contribution < 1.29 is 10.2 Å². The summed E-state index contributed by atoms with van der Waals surface area (Å²) >= 11 is 0. The first-order valence-electron chi connectivity index (χ1n) is 5.56. The van der Waals surface area contributed by atoms with E-state index < -0.39 is 0 Å². The van der Waals surface area contributed by atoms with Crippen LogP contribution in [-0.4, -0.2) is 22.4 Å². The molecular formula is C11H22O2. The van der Waals surface area contributed by atoms with Crippen LogP contribution in [0.4, 0.5) is 0 Å². The molecule has 13 heavy (non-hydrogen) atoms. The highest BCUT2D eigenvalue weighted by Crippen LogP contribution is 2.27. The Bertz CT molecular complexity index is 134. The summed E-state index contributed by atoms with van der Waals surface area (Å²) < 4.78 is 0. The molecule has 0 saturated heterocycles. The molecule has 3 unspecified atom stereocenters. The molecule has 0 bridgehead atoms. The molecule has 0 spiro atoms. The van der Waals surface area contributed by atoms with Crippen LogP contribution in [0.1, 0.15) is 51.9 Å². The van der Waals surface area contributed by atoms with E-state index in [9.17, 15) is 5.11 Å². The molecule has 2 heteroatoms. The smallest absolute Gasteiger partial charge is 0.0568 e. The monoisotopic (exact) mass is 186 g/mol. The maximum Gasteiger partial charge on any atom is 0.0568 e. The molecule has 0 aromatic carbocycles. The SMILES string of the molecule is CC(O)CCC1CCCCCC1O. The summed E-state index contributed by atoms with van der Waals surface area (Å²) in [5.74, 6) is 0.442. The number of aliphatic hydroxyl groups excluding tert-OH is 2. The van der Waals surface area contributed by atoms with Gasteiger partial charge in [0.05, 0.1) is 12.2 Å². The Hall–Kier alpha value is -0.0800. The zero-order chi connectivity index (χ0) is 9.68. The van der Waals surface area contributed by atoms with Crippen LogP contribution in [-0.2, 0) is 0 Å². The fourth-order valence-corrected chi connectivity index (χ4v) is 2.16. The molecule has 0 aliphatic heterocycles. The first kappa shape index (κ1) is 11.0. The van der Waals surface area contributed by atoms with E-state index >= 15 is 0 Å². The number of rotatable bonds is 3. The maximum atomic E-state index is 9.78. The predicted octanol–water partition coefficient (Wildman–Crippen LogP) is 2.09. The predicted molar refractivity (Wildman–Crippen MR) is 53.5 cm³/mol. The Morgan fingerprint density at radius 2 is 1.92 bits per heavy atom. The van der Waals surface area contributed by atoms with Gasteiger partial charge in [0.2, 0.25) is 0 Å². The Balaban J connectivity index is 2.27. The highest BCUT2D eigenvalue weighted by Gasteiger charge is 2.21. The van der Waals surface area contributed by atoms with E-state index in [0.29, 0.717) is 5.92 Å². The van der Waals surface area contributed by atoms with Crippen molar-refractivity contribution in [1.29, 1.82) is 0 Å². The molecule has 3 atom stereocenters. The molecule has 1 aliphatic carbocycles. The van der Waals surface area contributed by atoms with Gasteiger partial charge in [0.1, 0.15) is 0 Å². The van der Waals surface area contributed by atoms with Gasteiger partial charge in [-0.05, 0) is 38.5 Å². The summed E-state index contributed by atoms with van der Waals surface area (Å²) in [6.07, 6.45) is 7.30. The van der Waals surface area contributed by atoms with Gasteiger partial charge < -0.3 is 10.2 Å². The minimum Gasteiger partial charge on any atom is -0.393 e. The lowest BCUT2D eigenvalue weighted by molar-refractivity contribution is 0.0830. The second kappa shape index (κ2) is 5.61. The standard InChI is InChI=1S/C11H22O2/c1-9(12)7-8-10-5-3-2-4-6-11(10)13/h9-13H,2-8H2,1H3. The summed E-state index contributed by atoms with van der Waals surface area (Å²) in [5.41, 5.74) is 0. The lowest BCUT2D eigenvalue weighted by Crippen LogP contribution is -2.20. The quantitative estimate of drug-likeness (QED) is 0.663. The van der Waals surface area contributed by atoms with E-state index in [4.69, 9.17) is 5.11 Å². The second-order valence-corrected chi connectivity index (χ2v) is 4.39. The van der Waals surface area contributed by atoms with E-state index in [1.54, 1.807) is 0 Å². The molecule has 2 nitrogen and oxygen atoms in total. The molecule has 1 saturated carbocycles. The third-order valence-corrected chi connectivity index (χ3v) is 3.07. The fourth-order valence-electron chi connectivity index (χ4n) is 2.16. The Morgan fingerprint density at radius 1 is 1.23 bits per heavy atom. The van der Waals surface area contributed by atoms with Gasteiger partial charge in [-0.2, -0.15) is 0 Å². The summed E-state index contributed by atoms with van der Waals surface area (Å²) in [6, 6.07) is 0. The van der Waals surface area contributed by atoms with Crippen LogP contribution in [0, 0.1) is 5.92 Å². The minimum atomic E-state index is -0.213. The largest absolute Gasteiger partial charge is 0.393 e. The van der Waals surface area contributed by atoms with Crippen LogP contribution in [0.15, 0.2) is 0 Å². The van der Waals surface area contributed by atoms with Crippen LogP contribution >= 0.6 is 0 Å². The first-order valence-corrected chi connectivity index (χ1v) is 5.56. The molecule has 0 aromatic rings. The van der Waals surface area contributed by atoms with E-state index in [1.807, 2.05) is 6.92 Å². The van der Waals surface area contributed by atoms with Crippen molar-refractivity contribution in [1.82, 2.24) is 0 Å². The van der Waals surface area contributed by atoms with Gasteiger partial charge in [-0.1, -0.05) is 19.3 Å². The normalized spacial score (nSPS) is 32.5. The average molecular weight is 186 g/mol. The molecular weight excluding hydrogens is 164 g/mol. The van der Waals surface area contributed by atoms with Crippen LogP contribution in [0.5, 0.6) is 0 Å². The lowest BCUT2D eigenvalue weighted by atomic mass is 9.91. The zero-order valence-electron chi connectivity index (χ0n) is 8.58. The minimum absolute atomic E-state index is 0.110. The van der Waals surface area contributed by atoms with Crippen molar-refractivity contribution in [3.8, 4) is 0 Å². The molecule has 0 amide bonds. The fraction of sp³-hybridized carbons (Fsp3) is 1.00. The molecule has 0 aromatic heterocycles. The number of aliphatic hydroxyl groups is 2. The van der Waals surface area contributed by atoms with Crippen molar-refractivity contribution >= 4 is 0 Å². The van der Waals surface area contributed by atoms with Gasteiger partial charge >= 0.3 is 0 Å². The van der Waals surface area contributed by atoms with Crippen molar-refractivity contribution in [2.24, 2.45) is 5.92 Å². The van der Waals surface area contributed by atoms with E-state index in [-0.39, 0.29) is 12.2 Å². The molecule has 1 aliphatic rings. The first-order chi connectivity index (χ1) is 6.20. The van der Waals surface area contributed by atoms with E-state index in [2.05, 4.69) is 0 Å². The number of hydrogen-bond donors (Lipinski definition) is 2. The average Bonchev–Trinajstić information content (AvgIpc) is 2.27. The Labute approximate surface area is 81.0 Å². The summed E-state index contributed by atoms with van der Waals surface area (Å²) in [7, 11) is 0. The Kier molecular flexibility index (Phi) is 4.74. The summed E-state index contributed by atoms with van der Waals surface area (Å²) in [5, 5.41) is 18.9. The zero-order valence-corrected chi connectivity index (χ0v) is 8.58. The summed E-state index contributed by atoms with van der Waals surface area (Å²) in [6.45, 7) is 1.82. The van der Waals surface area contributed by atoms with E-state index in [0.717, 1.165) is 25.7 Å². The third-order valence-electron chi connectivity index (χ3n) is 3.07.